The lowest BCUT2D eigenvalue weighted by molar-refractivity contribution is -0.153. The van der Waals surface area contributed by atoms with Crippen LogP contribution in [0.4, 0.5) is 6.01 Å². The Morgan fingerprint density at radius 1 is 1.09 bits per heavy atom. The molecule has 9 heteroatoms. The minimum Gasteiger partial charge on any atom is -0.497 e. The molecule has 166 valence electrons. The van der Waals surface area contributed by atoms with Crippen LogP contribution in [0.5, 0.6) is 5.75 Å². The Hall–Kier alpha value is -3.88. The van der Waals surface area contributed by atoms with Crippen LogP contribution in [-0.4, -0.2) is 49.6 Å². The number of nitrogens with one attached hydrogen (secondary N) is 1. The minimum atomic E-state index is -0.678. The number of rotatable bonds is 6. The molecule has 0 aliphatic carbocycles. The maximum absolute atomic E-state index is 12.4. The molecule has 9 nitrogen and oxygen atoms in total. The highest BCUT2D eigenvalue weighted by Crippen LogP contribution is 2.26. The summed E-state index contributed by atoms with van der Waals surface area (Å²) in [6.07, 6.45) is 1.12. The fourth-order valence-corrected chi connectivity index (χ4v) is 3.53. The number of piperidine rings is 1. The zero-order valence-electron chi connectivity index (χ0n) is 17.6. The highest BCUT2D eigenvalue weighted by molar-refractivity contribution is 6.05. The number of esters is 1. The Balaban J connectivity index is 1.22. The summed E-state index contributed by atoms with van der Waals surface area (Å²) in [5.74, 6) is -1.41. The van der Waals surface area contributed by atoms with Gasteiger partial charge in [0.15, 0.2) is 12.2 Å². The van der Waals surface area contributed by atoms with Crippen molar-refractivity contribution in [3.63, 3.8) is 0 Å². The molecule has 1 aliphatic heterocycles. The first-order chi connectivity index (χ1) is 15.5. The first-order valence-electron chi connectivity index (χ1n) is 10.3. The van der Waals surface area contributed by atoms with E-state index in [0.29, 0.717) is 43.3 Å². The van der Waals surface area contributed by atoms with Gasteiger partial charge in [-0.3, -0.25) is 19.7 Å². The number of hydrogen-bond acceptors (Lipinski definition) is 8. The number of carbonyl (C=O) groups is 3. The van der Waals surface area contributed by atoms with Gasteiger partial charge in [0, 0.05) is 18.7 Å². The first kappa shape index (κ1) is 21.4. The Morgan fingerprint density at radius 3 is 2.50 bits per heavy atom. The minimum absolute atomic E-state index is 0.303. The third-order valence-electron chi connectivity index (χ3n) is 5.33. The van der Waals surface area contributed by atoms with Crippen molar-refractivity contribution in [2.24, 2.45) is 5.92 Å². The van der Waals surface area contributed by atoms with Crippen molar-refractivity contribution >= 4 is 34.9 Å². The summed E-state index contributed by atoms with van der Waals surface area (Å²) < 4.78 is 15.9. The van der Waals surface area contributed by atoms with Crippen molar-refractivity contribution in [2.75, 3.05) is 31.7 Å². The number of ether oxygens (including phenoxy) is 2. The lowest BCUT2D eigenvalue weighted by Crippen LogP contribution is -2.39. The predicted octanol–water partition coefficient (Wildman–Crippen LogP) is 2.55. The van der Waals surface area contributed by atoms with Crippen molar-refractivity contribution in [1.29, 1.82) is 0 Å². The molecule has 3 aromatic rings. The number of nitrogens with zero attached hydrogens (tertiary/aromatic N) is 2. The Labute approximate surface area is 184 Å². The summed E-state index contributed by atoms with van der Waals surface area (Å²) in [5, 5.41) is 2.21. The SMILES string of the molecule is COc1ccc(C(=O)NC(=O)COC(=O)C2CCN(c3nc4ccccc4o3)CC2)cc1. The number of fused-ring (bicyclic) bond motifs is 1. The number of para-hydroxylation sites is 2. The molecule has 2 heterocycles. The maximum atomic E-state index is 12.4. The third-order valence-corrected chi connectivity index (χ3v) is 5.33. The summed E-state index contributed by atoms with van der Waals surface area (Å²) in [6, 6.07) is 14.4. The highest BCUT2D eigenvalue weighted by Gasteiger charge is 2.28. The Kier molecular flexibility index (Phi) is 6.34. The summed E-state index contributed by atoms with van der Waals surface area (Å²) in [7, 11) is 1.52. The van der Waals surface area contributed by atoms with Crippen LogP contribution in [0.1, 0.15) is 23.2 Å². The largest absolute Gasteiger partial charge is 0.497 e. The van der Waals surface area contributed by atoms with E-state index in [0.717, 1.165) is 11.1 Å². The van der Waals surface area contributed by atoms with Crippen molar-refractivity contribution in [1.82, 2.24) is 10.3 Å². The normalized spacial score (nSPS) is 14.2. The van der Waals surface area contributed by atoms with E-state index in [9.17, 15) is 14.4 Å². The fraction of sp³-hybridized carbons (Fsp3) is 0.304. The molecular weight excluding hydrogens is 414 g/mol. The molecule has 0 bridgehead atoms. The number of oxazole rings is 1. The van der Waals surface area contributed by atoms with E-state index in [1.807, 2.05) is 29.2 Å². The van der Waals surface area contributed by atoms with Crippen LogP contribution >= 0.6 is 0 Å². The summed E-state index contributed by atoms with van der Waals surface area (Å²) in [6.45, 7) is 0.676. The lowest BCUT2D eigenvalue weighted by Gasteiger charge is -2.29. The van der Waals surface area contributed by atoms with E-state index < -0.39 is 24.4 Å². The van der Waals surface area contributed by atoms with Gasteiger partial charge in [0.2, 0.25) is 0 Å². The molecular formula is C23H23N3O6. The summed E-state index contributed by atoms with van der Waals surface area (Å²) >= 11 is 0. The van der Waals surface area contributed by atoms with Gasteiger partial charge in [0.05, 0.1) is 13.0 Å². The molecule has 32 heavy (non-hydrogen) atoms. The first-order valence-corrected chi connectivity index (χ1v) is 10.3. The second kappa shape index (κ2) is 9.51. The fourth-order valence-electron chi connectivity index (χ4n) is 3.53. The molecule has 1 aliphatic rings. The monoisotopic (exact) mass is 437 g/mol. The molecule has 1 aromatic heterocycles. The van der Waals surface area contributed by atoms with Crippen molar-refractivity contribution in [2.45, 2.75) is 12.8 Å². The maximum Gasteiger partial charge on any atom is 0.309 e. The quantitative estimate of drug-likeness (QED) is 0.586. The van der Waals surface area contributed by atoms with Gasteiger partial charge in [-0.25, -0.2) is 0 Å². The smallest absolute Gasteiger partial charge is 0.309 e. The molecule has 0 unspecified atom stereocenters. The molecule has 1 N–H and O–H groups in total. The molecule has 0 spiro atoms. The molecule has 1 saturated heterocycles. The number of anilines is 1. The van der Waals surface area contributed by atoms with Crippen LogP contribution in [0, 0.1) is 5.92 Å². The number of benzene rings is 2. The van der Waals surface area contributed by atoms with E-state index in [4.69, 9.17) is 13.9 Å². The van der Waals surface area contributed by atoms with E-state index in [2.05, 4.69) is 10.3 Å². The lowest BCUT2D eigenvalue weighted by atomic mass is 9.97. The Morgan fingerprint density at radius 2 is 1.81 bits per heavy atom. The van der Waals surface area contributed by atoms with Gasteiger partial charge >= 0.3 is 5.97 Å². The molecule has 2 aromatic carbocycles. The van der Waals surface area contributed by atoms with E-state index >= 15 is 0 Å². The van der Waals surface area contributed by atoms with Crippen molar-refractivity contribution < 1.29 is 28.3 Å². The summed E-state index contributed by atoms with van der Waals surface area (Å²) in [5.41, 5.74) is 1.82. The number of amides is 2. The number of carbonyl (C=O) groups excluding carboxylic acids is 3. The van der Waals surface area contributed by atoms with Crippen LogP contribution in [0.25, 0.3) is 11.1 Å². The molecule has 0 radical (unpaired) electrons. The van der Waals surface area contributed by atoms with Crippen LogP contribution in [-0.2, 0) is 14.3 Å². The second-order valence-corrected chi connectivity index (χ2v) is 7.44. The predicted molar refractivity (Wildman–Crippen MR) is 115 cm³/mol. The molecule has 0 atom stereocenters. The average Bonchev–Trinajstić information content (AvgIpc) is 3.27. The van der Waals surface area contributed by atoms with E-state index in [-0.39, 0.29) is 5.92 Å². The standard InChI is InChI=1S/C23H23N3O6/c1-30-17-8-6-15(7-9-17)21(28)25-20(27)14-31-22(29)16-10-12-26(13-11-16)23-24-18-4-2-3-5-19(18)32-23/h2-9,16H,10-14H2,1H3,(H,25,27,28). The molecule has 0 saturated carbocycles. The van der Waals surface area contributed by atoms with Crippen molar-refractivity contribution in [3.8, 4) is 5.75 Å². The van der Waals surface area contributed by atoms with Crippen LogP contribution < -0.4 is 15.0 Å². The summed E-state index contributed by atoms with van der Waals surface area (Å²) in [4.78, 5) is 42.9. The van der Waals surface area contributed by atoms with Gasteiger partial charge in [0.1, 0.15) is 11.3 Å². The van der Waals surface area contributed by atoms with Gasteiger partial charge in [-0.1, -0.05) is 12.1 Å². The molecule has 1 fully saturated rings. The number of hydrogen-bond donors (Lipinski definition) is 1. The van der Waals surface area contributed by atoms with Gasteiger partial charge in [-0.05, 0) is 49.2 Å². The Bertz CT molecular complexity index is 1080. The van der Waals surface area contributed by atoms with Crippen LogP contribution in [0.2, 0.25) is 0 Å². The highest BCUT2D eigenvalue weighted by atomic mass is 16.5. The van der Waals surface area contributed by atoms with E-state index in [1.54, 1.807) is 12.1 Å². The van der Waals surface area contributed by atoms with Gasteiger partial charge in [-0.2, -0.15) is 4.98 Å². The molecule has 2 amide bonds. The van der Waals surface area contributed by atoms with Crippen molar-refractivity contribution in [3.05, 3.63) is 54.1 Å². The average molecular weight is 437 g/mol. The zero-order valence-corrected chi connectivity index (χ0v) is 17.6. The zero-order chi connectivity index (χ0) is 22.5. The molecule has 4 rings (SSSR count). The number of aromatic nitrogens is 1. The van der Waals surface area contributed by atoms with E-state index in [1.165, 1.54) is 19.2 Å². The van der Waals surface area contributed by atoms with Gasteiger partial charge in [0.25, 0.3) is 17.8 Å². The second-order valence-electron chi connectivity index (χ2n) is 7.44. The third kappa shape index (κ3) is 4.88. The van der Waals surface area contributed by atoms with Gasteiger partial charge in [-0.15, -0.1) is 0 Å². The number of methoxy groups -OCH3 is 1. The van der Waals surface area contributed by atoms with Crippen LogP contribution in [0.15, 0.2) is 52.9 Å². The van der Waals surface area contributed by atoms with Gasteiger partial charge < -0.3 is 18.8 Å². The topological polar surface area (TPSA) is 111 Å². The van der Waals surface area contributed by atoms with Crippen LogP contribution in [0.3, 0.4) is 0 Å². The number of imide groups is 1.